The lowest BCUT2D eigenvalue weighted by molar-refractivity contribution is 1.03. The zero-order chi connectivity index (χ0) is 13.9. The van der Waals surface area contributed by atoms with Crippen molar-refractivity contribution in [3.05, 3.63) is 53.9 Å². The fraction of sp³-hybridized carbons (Fsp3) is 0.188. The molecule has 0 aliphatic rings. The van der Waals surface area contributed by atoms with Gasteiger partial charge in [-0.1, -0.05) is 42.1 Å². The number of nitrogens with zero attached hydrogens (tertiary/aromatic N) is 1. The predicted molar refractivity (Wildman–Crippen MR) is 88.6 cm³/mol. The van der Waals surface area contributed by atoms with Gasteiger partial charge in [0.15, 0.2) is 5.16 Å². The van der Waals surface area contributed by atoms with Gasteiger partial charge in [-0.05, 0) is 36.1 Å². The Morgan fingerprint density at radius 1 is 1.10 bits per heavy atom. The Kier molecular flexibility index (Phi) is 4.03. The SMILES string of the molecule is CSc1nc(CSc2ccc3ccccc3c2)c(C)[nH]1. The number of aryl methyl sites for hydroxylation is 1. The molecule has 2 aromatic carbocycles. The summed E-state index contributed by atoms with van der Waals surface area (Å²) in [5.74, 6) is 0.904. The van der Waals surface area contributed by atoms with Crippen LogP contribution >= 0.6 is 23.5 Å². The number of fused-ring (bicyclic) bond motifs is 1. The minimum absolute atomic E-state index is 0.904. The molecule has 0 amide bonds. The second-order valence-corrected chi connectivity index (χ2v) is 6.46. The van der Waals surface area contributed by atoms with Gasteiger partial charge in [-0.25, -0.2) is 4.98 Å². The molecule has 1 N–H and O–H groups in total. The summed E-state index contributed by atoms with van der Waals surface area (Å²) < 4.78 is 0. The molecule has 20 heavy (non-hydrogen) atoms. The van der Waals surface area contributed by atoms with E-state index in [0.29, 0.717) is 0 Å². The van der Waals surface area contributed by atoms with E-state index < -0.39 is 0 Å². The Balaban J connectivity index is 1.77. The van der Waals surface area contributed by atoms with Gasteiger partial charge in [0, 0.05) is 16.3 Å². The summed E-state index contributed by atoms with van der Waals surface area (Å²) in [5, 5.41) is 3.58. The van der Waals surface area contributed by atoms with Crippen molar-refractivity contribution >= 4 is 34.3 Å². The lowest BCUT2D eigenvalue weighted by Gasteiger charge is -2.03. The Bertz CT molecular complexity index is 734. The molecule has 3 aromatic rings. The number of hydrogen-bond donors (Lipinski definition) is 1. The first-order valence-corrected chi connectivity index (χ1v) is 8.68. The van der Waals surface area contributed by atoms with Gasteiger partial charge < -0.3 is 4.98 Å². The summed E-state index contributed by atoms with van der Waals surface area (Å²) in [4.78, 5) is 9.18. The zero-order valence-electron chi connectivity index (χ0n) is 11.5. The van der Waals surface area contributed by atoms with Crippen molar-refractivity contribution in [2.75, 3.05) is 6.26 Å². The van der Waals surface area contributed by atoms with Crippen molar-refractivity contribution in [2.24, 2.45) is 0 Å². The van der Waals surface area contributed by atoms with Gasteiger partial charge in [-0.15, -0.1) is 11.8 Å². The monoisotopic (exact) mass is 300 g/mol. The van der Waals surface area contributed by atoms with Crippen molar-refractivity contribution in [3.8, 4) is 0 Å². The van der Waals surface area contributed by atoms with Crippen LogP contribution in [0.2, 0.25) is 0 Å². The van der Waals surface area contributed by atoms with E-state index in [-0.39, 0.29) is 0 Å². The highest BCUT2D eigenvalue weighted by atomic mass is 32.2. The quantitative estimate of drug-likeness (QED) is 0.696. The smallest absolute Gasteiger partial charge is 0.165 e. The third-order valence-corrected chi connectivity index (χ3v) is 4.84. The number of aromatic nitrogens is 2. The molecule has 0 aliphatic heterocycles. The molecule has 0 unspecified atom stereocenters. The average molecular weight is 300 g/mol. The van der Waals surface area contributed by atoms with Crippen LogP contribution in [0.15, 0.2) is 52.5 Å². The summed E-state index contributed by atoms with van der Waals surface area (Å²) in [5.41, 5.74) is 2.31. The number of aromatic amines is 1. The van der Waals surface area contributed by atoms with E-state index in [1.807, 2.05) is 18.0 Å². The molecule has 0 aliphatic carbocycles. The molecule has 0 fully saturated rings. The molecular formula is C16H16N2S2. The van der Waals surface area contributed by atoms with E-state index in [9.17, 15) is 0 Å². The molecule has 4 heteroatoms. The van der Waals surface area contributed by atoms with Crippen molar-refractivity contribution in [2.45, 2.75) is 22.7 Å². The molecule has 0 saturated carbocycles. The lowest BCUT2D eigenvalue weighted by Crippen LogP contribution is -1.84. The Morgan fingerprint density at radius 2 is 1.90 bits per heavy atom. The Morgan fingerprint density at radius 3 is 2.65 bits per heavy atom. The van der Waals surface area contributed by atoms with E-state index in [2.05, 4.69) is 59.4 Å². The number of H-pyrrole nitrogens is 1. The minimum Gasteiger partial charge on any atom is -0.337 e. The molecule has 0 spiro atoms. The van der Waals surface area contributed by atoms with Gasteiger partial charge in [-0.3, -0.25) is 0 Å². The number of nitrogens with one attached hydrogen (secondary N) is 1. The van der Waals surface area contributed by atoms with Crippen LogP contribution in [-0.2, 0) is 5.75 Å². The van der Waals surface area contributed by atoms with E-state index in [1.165, 1.54) is 21.4 Å². The van der Waals surface area contributed by atoms with Crippen LogP contribution in [0, 0.1) is 6.92 Å². The third kappa shape index (κ3) is 2.86. The van der Waals surface area contributed by atoms with E-state index in [4.69, 9.17) is 0 Å². The highest BCUT2D eigenvalue weighted by molar-refractivity contribution is 7.98. The first-order chi connectivity index (χ1) is 9.76. The molecule has 3 rings (SSSR count). The molecule has 2 nitrogen and oxygen atoms in total. The maximum atomic E-state index is 4.59. The van der Waals surface area contributed by atoms with Crippen LogP contribution < -0.4 is 0 Å². The van der Waals surface area contributed by atoms with Gasteiger partial charge >= 0.3 is 0 Å². The van der Waals surface area contributed by atoms with Crippen LogP contribution in [-0.4, -0.2) is 16.2 Å². The zero-order valence-corrected chi connectivity index (χ0v) is 13.1. The largest absolute Gasteiger partial charge is 0.337 e. The Labute approximate surface area is 127 Å². The van der Waals surface area contributed by atoms with Crippen LogP contribution in [0.3, 0.4) is 0 Å². The maximum Gasteiger partial charge on any atom is 0.165 e. The molecular weight excluding hydrogens is 284 g/mol. The summed E-state index contributed by atoms with van der Waals surface area (Å²) in [7, 11) is 0. The first-order valence-electron chi connectivity index (χ1n) is 6.47. The summed E-state index contributed by atoms with van der Waals surface area (Å²) in [6.45, 7) is 2.09. The molecule has 0 radical (unpaired) electrons. The summed E-state index contributed by atoms with van der Waals surface area (Å²) in [6.07, 6.45) is 2.04. The predicted octanol–water partition coefficient (Wildman–Crippen LogP) is 4.89. The molecule has 102 valence electrons. The fourth-order valence-electron chi connectivity index (χ4n) is 2.11. The minimum atomic E-state index is 0.904. The maximum absolute atomic E-state index is 4.59. The standard InChI is InChI=1S/C16H16N2S2/c1-11-15(18-16(17-11)19-2)10-20-14-8-7-12-5-3-4-6-13(12)9-14/h3-9H,10H2,1-2H3,(H,17,18). The average Bonchev–Trinajstić information content (AvgIpc) is 2.85. The van der Waals surface area contributed by atoms with Gasteiger partial charge in [0.1, 0.15) is 0 Å². The van der Waals surface area contributed by atoms with Crippen molar-refractivity contribution in [1.82, 2.24) is 9.97 Å². The number of benzene rings is 2. The van der Waals surface area contributed by atoms with Crippen LogP contribution in [0.4, 0.5) is 0 Å². The normalized spacial score (nSPS) is 11.1. The van der Waals surface area contributed by atoms with Crippen LogP contribution in [0.5, 0.6) is 0 Å². The topological polar surface area (TPSA) is 28.7 Å². The van der Waals surface area contributed by atoms with E-state index >= 15 is 0 Å². The van der Waals surface area contributed by atoms with Crippen molar-refractivity contribution in [3.63, 3.8) is 0 Å². The van der Waals surface area contributed by atoms with Crippen LogP contribution in [0.25, 0.3) is 10.8 Å². The summed E-state index contributed by atoms with van der Waals surface area (Å²) >= 11 is 3.49. The van der Waals surface area contributed by atoms with Crippen molar-refractivity contribution < 1.29 is 0 Å². The molecule has 0 saturated heterocycles. The number of thioether (sulfide) groups is 2. The molecule has 1 aromatic heterocycles. The number of imidazole rings is 1. The van der Waals surface area contributed by atoms with E-state index in [0.717, 1.165) is 16.6 Å². The van der Waals surface area contributed by atoms with Crippen LogP contribution in [0.1, 0.15) is 11.4 Å². The second kappa shape index (κ2) is 5.94. The van der Waals surface area contributed by atoms with Gasteiger partial charge in [0.2, 0.25) is 0 Å². The molecule has 1 heterocycles. The van der Waals surface area contributed by atoms with Crippen molar-refractivity contribution in [1.29, 1.82) is 0 Å². The first kappa shape index (κ1) is 13.6. The third-order valence-electron chi connectivity index (χ3n) is 3.25. The number of hydrogen-bond acceptors (Lipinski definition) is 3. The lowest BCUT2D eigenvalue weighted by atomic mass is 10.1. The van der Waals surface area contributed by atoms with Gasteiger partial charge in [-0.2, -0.15) is 0 Å². The molecule has 0 atom stereocenters. The fourth-order valence-corrected chi connectivity index (χ4v) is 3.53. The summed E-state index contributed by atoms with van der Waals surface area (Å²) in [6, 6.07) is 15.1. The highest BCUT2D eigenvalue weighted by Crippen LogP contribution is 2.27. The highest BCUT2D eigenvalue weighted by Gasteiger charge is 2.06. The number of rotatable bonds is 4. The van der Waals surface area contributed by atoms with Gasteiger partial charge in [0.05, 0.1) is 5.69 Å². The van der Waals surface area contributed by atoms with E-state index in [1.54, 1.807) is 11.8 Å². The second-order valence-electron chi connectivity index (χ2n) is 4.62. The Hall–Kier alpha value is -1.39. The van der Waals surface area contributed by atoms with Gasteiger partial charge in [0.25, 0.3) is 0 Å². The molecule has 0 bridgehead atoms.